The molecule has 0 spiro atoms. The van der Waals surface area contributed by atoms with Gasteiger partial charge in [-0.2, -0.15) is 0 Å². The Morgan fingerprint density at radius 3 is 3.00 bits per heavy atom. The molecule has 0 bridgehead atoms. The minimum Gasteiger partial charge on any atom is -0.385 e. The third-order valence-corrected chi connectivity index (χ3v) is 1.36. The lowest BCUT2D eigenvalue weighted by Gasteiger charge is -2.01. The molecule has 0 aliphatic carbocycles. The molecule has 1 aromatic rings. The third kappa shape index (κ3) is 2.08. The molecule has 0 saturated carbocycles. The Hall–Kier alpha value is -1.31. The van der Waals surface area contributed by atoms with Gasteiger partial charge in [0.25, 0.3) is 0 Å². The lowest BCUT2D eigenvalue weighted by molar-refractivity contribution is 0.563. The fourth-order valence-electron chi connectivity index (χ4n) is 0.897. The van der Waals surface area contributed by atoms with E-state index < -0.39 is 0 Å². The first kappa shape index (κ1) is 7.79. The first-order chi connectivity index (χ1) is 5.36. The summed E-state index contributed by atoms with van der Waals surface area (Å²) >= 11 is 0. The summed E-state index contributed by atoms with van der Waals surface area (Å²) in [5.41, 5.74) is 1.55. The van der Waals surface area contributed by atoms with E-state index in [4.69, 9.17) is 0 Å². The van der Waals surface area contributed by atoms with Gasteiger partial charge < -0.3 is 5.32 Å². The highest BCUT2D eigenvalue weighted by Gasteiger charge is 1.91. The summed E-state index contributed by atoms with van der Waals surface area (Å²) in [5, 5.41) is 3.10. The number of hydrogen-bond donors (Lipinski definition) is 1. The summed E-state index contributed by atoms with van der Waals surface area (Å²) < 4.78 is 0. The molecular weight excluding hydrogens is 138 g/mol. The SMILES string of the molecule is CCNc1cccc([C]=O)c1. The second-order valence-electron chi connectivity index (χ2n) is 2.21. The minimum atomic E-state index is 0.587. The van der Waals surface area contributed by atoms with Gasteiger partial charge in [0.15, 0.2) is 0 Å². The van der Waals surface area contributed by atoms with Gasteiger partial charge in [0.1, 0.15) is 0 Å². The summed E-state index contributed by atoms with van der Waals surface area (Å²) in [5.74, 6) is 0. The maximum absolute atomic E-state index is 10.2. The molecule has 1 rings (SSSR count). The fourth-order valence-corrected chi connectivity index (χ4v) is 0.897. The molecule has 0 unspecified atom stereocenters. The van der Waals surface area contributed by atoms with E-state index >= 15 is 0 Å². The maximum atomic E-state index is 10.2. The molecule has 0 heterocycles. The summed E-state index contributed by atoms with van der Waals surface area (Å²) in [7, 11) is 0. The number of carbonyl (C=O) groups excluding carboxylic acids is 1. The maximum Gasteiger partial charge on any atom is 0.233 e. The molecule has 0 aromatic heterocycles. The summed E-state index contributed by atoms with van der Waals surface area (Å²) in [6, 6.07) is 7.26. The van der Waals surface area contributed by atoms with Crippen molar-refractivity contribution in [3.05, 3.63) is 29.8 Å². The molecule has 0 amide bonds. The highest BCUT2D eigenvalue weighted by molar-refractivity contribution is 5.77. The van der Waals surface area contributed by atoms with Crippen LogP contribution in [0.3, 0.4) is 0 Å². The van der Waals surface area contributed by atoms with Crippen LogP contribution < -0.4 is 5.32 Å². The minimum absolute atomic E-state index is 0.587. The van der Waals surface area contributed by atoms with Crippen LogP contribution in [-0.4, -0.2) is 12.8 Å². The predicted molar refractivity (Wildman–Crippen MR) is 45.4 cm³/mol. The van der Waals surface area contributed by atoms with Gasteiger partial charge in [0.2, 0.25) is 6.29 Å². The molecule has 0 fully saturated rings. The van der Waals surface area contributed by atoms with Crippen LogP contribution in [0, 0.1) is 0 Å². The van der Waals surface area contributed by atoms with Crippen molar-refractivity contribution >= 4 is 12.0 Å². The molecule has 2 nitrogen and oxygen atoms in total. The van der Waals surface area contributed by atoms with Gasteiger partial charge in [0.05, 0.1) is 0 Å². The fraction of sp³-hybridized carbons (Fsp3) is 0.222. The van der Waals surface area contributed by atoms with E-state index in [1.54, 1.807) is 12.1 Å². The van der Waals surface area contributed by atoms with Crippen molar-refractivity contribution < 1.29 is 4.79 Å². The lowest BCUT2D eigenvalue weighted by atomic mass is 10.2. The summed E-state index contributed by atoms with van der Waals surface area (Å²) in [6.07, 6.45) is 1.84. The number of anilines is 1. The van der Waals surface area contributed by atoms with E-state index in [1.807, 2.05) is 25.3 Å². The van der Waals surface area contributed by atoms with E-state index in [2.05, 4.69) is 5.32 Å². The van der Waals surface area contributed by atoms with Crippen LogP contribution in [0.15, 0.2) is 24.3 Å². The van der Waals surface area contributed by atoms with Crippen molar-refractivity contribution in [1.29, 1.82) is 0 Å². The van der Waals surface area contributed by atoms with Crippen LogP contribution >= 0.6 is 0 Å². The average Bonchev–Trinajstić information content (AvgIpc) is 2.06. The average molecular weight is 148 g/mol. The molecular formula is C9H10NO. The zero-order valence-corrected chi connectivity index (χ0v) is 6.42. The molecule has 0 saturated heterocycles. The van der Waals surface area contributed by atoms with Crippen molar-refractivity contribution in [3.8, 4) is 0 Å². The Bertz CT molecular complexity index is 245. The predicted octanol–water partition coefficient (Wildman–Crippen LogP) is 1.58. The third-order valence-electron chi connectivity index (χ3n) is 1.36. The van der Waals surface area contributed by atoms with Crippen LogP contribution in [0.25, 0.3) is 0 Å². The molecule has 1 radical (unpaired) electrons. The number of nitrogens with one attached hydrogen (secondary N) is 1. The Kier molecular flexibility index (Phi) is 2.66. The van der Waals surface area contributed by atoms with Gasteiger partial charge in [-0.1, -0.05) is 12.1 Å². The molecule has 0 aliphatic heterocycles. The molecule has 0 atom stereocenters. The molecule has 1 N–H and O–H groups in total. The van der Waals surface area contributed by atoms with Crippen molar-refractivity contribution in [3.63, 3.8) is 0 Å². The van der Waals surface area contributed by atoms with E-state index in [0.717, 1.165) is 12.2 Å². The number of rotatable bonds is 3. The van der Waals surface area contributed by atoms with E-state index in [-0.39, 0.29) is 0 Å². The quantitative estimate of drug-likeness (QED) is 0.705. The molecule has 0 aliphatic rings. The summed E-state index contributed by atoms with van der Waals surface area (Å²) in [4.78, 5) is 10.2. The number of benzene rings is 1. The Labute approximate surface area is 66.2 Å². The normalized spacial score (nSPS) is 9.18. The van der Waals surface area contributed by atoms with Crippen LogP contribution in [-0.2, 0) is 4.79 Å². The zero-order valence-electron chi connectivity index (χ0n) is 6.42. The molecule has 57 valence electrons. The Balaban J connectivity index is 2.82. The van der Waals surface area contributed by atoms with Crippen LogP contribution in [0.5, 0.6) is 0 Å². The van der Waals surface area contributed by atoms with Crippen LogP contribution in [0.1, 0.15) is 12.5 Å². The second-order valence-corrected chi connectivity index (χ2v) is 2.21. The lowest BCUT2D eigenvalue weighted by Crippen LogP contribution is -1.96. The first-order valence-corrected chi connectivity index (χ1v) is 3.59. The largest absolute Gasteiger partial charge is 0.385 e. The first-order valence-electron chi connectivity index (χ1n) is 3.59. The van der Waals surface area contributed by atoms with Gasteiger partial charge in [-0.25, -0.2) is 0 Å². The smallest absolute Gasteiger partial charge is 0.233 e. The van der Waals surface area contributed by atoms with Crippen molar-refractivity contribution in [2.75, 3.05) is 11.9 Å². The molecule has 1 aromatic carbocycles. The van der Waals surface area contributed by atoms with Crippen LogP contribution in [0.4, 0.5) is 5.69 Å². The molecule has 2 heteroatoms. The van der Waals surface area contributed by atoms with Crippen molar-refractivity contribution in [2.45, 2.75) is 6.92 Å². The van der Waals surface area contributed by atoms with Gasteiger partial charge in [0, 0.05) is 17.8 Å². The van der Waals surface area contributed by atoms with Crippen molar-refractivity contribution in [2.24, 2.45) is 0 Å². The summed E-state index contributed by atoms with van der Waals surface area (Å²) in [6.45, 7) is 2.87. The van der Waals surface area contributed by atoms with Crippen LogP contribution in [0.2, 0.25) is 0 Å². The van der Waals surface area contributed by atoms with E-state index in [1.165, 1.54) is 0 Å². The topological polar surface area (TPSA) is 29.1 Å². The monoisotopic (exact) mass is 148 g/mol. The van der Waals surface area contributed by atoms with Gasteiger partial charge >= 0.3 is 0 Å². The zero-order chi connectivity index (χ0) is 8.10. The Morgan fingerprint density at radius 1 is 1.55 bits per heavy atom. The van der Waals surface area contributed by atoms with Gasteiger partial charge in [-0.3, -0.25) is 4.79 Å². The molecule has 11 heavy (non-hydrogen) atoms. The standard InChI is InChI=1S/C9H10NO/c1-2-10-9-5-3-4-8(6-9)7-11/h3-6,10H,2H2,1H3. The van der Waals surface area contributed by atoms with Crippen molar-refractivity contribution in [1.82, 2.24) is 0 Å². The highest BCUT2D eigenvalue weighted by atomic mass is 16.1. The van der Waals surface area contributed by atoms with E-state index in [9.17, 15) is 4.79 Å². The van der Waals surface area contributed by atoms with E-state index in [0.29, 0.717) is 5.56 Å². The number of hydrogen-bond acceptors (Lipinski definition) is 2. The highest BCUT2D eigenvalue weighted by Crippen LogP contribution is 2.07. The van der Waals surface area contributed by atoms with Gasteiger partial charge in [-0.15, -0.1) is 0 Å². The second kappa shape index (κ2) is 3.76. The Morgan fingerprint density at radius 2 is 2.36 bits per heavy atom. The van der Waals surface area contributed by atoms with Gasteiger partial charge in [-0.05, 0) is 19.1 Å².